The van der Waals surface area contributed by atoms with Gasteiger partial charge in [0, 0.05) is 0 Å². The Balaban J connectivity index is 1.76. The molecule has 114 valence electrons. The molecule has 5 heteroatoms. The van der Waals surface area contributed by atoms with Crippen LogP contribution in [-0.4, -0.2) is 26.3 Å². The Morgan fingerprint density at radius 1 is 1.05 bits per heavy atom. The highest BCUT2D eigenvalue weighted by Gasteiger charge is 2.23. The number of nitrogens with zero attached hydrogens (tertiary/aromatic N) is 2. The van der Waals surface area contributed by atoms with Crippen molar-refractivity contribution in [2.24, 2.45) is 5.10 Å². The van der Waals surface area contributed by atoms with Crippen LogP contribution in [0.2, 0.25) is 0 Å². The Morgan fingerprint density at radius 2 is 1.68 bits per heavy atom. The molecule has 2 aromatic carbocycles. The molecule has 1 heterocycles. The van der Waals surface area contributed by atoms with E-state index < -0.39 is 10.7 Å². The first-order valence-corrected chi connectivity index (χ1v) is 8.40. The lowest BCUT2D eigenvalue weighted by atomic mass is 10.1. The van der Waals surface area contributed by atoms with E-state index >= 15 is 0 Å². The normalized spacial score (nSPS) is 17.7. The van der Waals surface area contributed by atoms with Gasteiger partial charge in [0.05, 0.1) is 17.2 Å². The molecule has 22 heavy (non-hydrogen) atoms. The summed E-state index contributed by atoms with van der Waals surface area (Å²) in [6.45, 7) is 2.44. The Morgan fingerprint density at radius 3 is 2.36 bits per heavy atom. The van der Waals surface area contributed by atoms with E-state index in [1.54, 1.807) is 0 Å². The van der Waals surface area contributed by atoms with E-state index in [4.69, 9.17) is 4.74 Å². The van der Waals surface area contributed by atoms with Crippen molar-refractivity contribution in [2.75, 3.05) is 5.94 Å². The van der Waals surface area contributed by atoms with Crippen molar-refractivity contribution in [1.82, 2.24) is 4.58 Å². The van der Waals surface area contributed by atoms with Gasteiger partial charge in [0.2, 0.25) is 0 Å². The summed E-state index contributed by atoms with van der Waals surface area (Å²) in [4.78, 5) is 1.04. The first-order chi connectivity index (χ1) is 10.8. The van der Waals surface area contributed by atoms with Crippen LogP contribution >= 0.6 is 10.7 Å². The fourth-order valence-corrected chi connectivity index (χ4v) is 3.96. The molecule has 0 bridgehead atoms. The third-order valence-electron chi connectivity index (χ3n) is 3.34. The fraction of sp³-hybridized carbons (Fsp3) is 0.176. The fourth-order valence-electron chi connectivity index (χ4n) is 2.33. The van der Waals surface area contributed by atoms with Gasteiger partial charge in [0.1, 0.15) is 5.94 Å². The number of hydrogen-bond donors (Lipinski definition) is 1. The van der Waals surface area contributed by atoms with Gasteiger partial charge in [-0.05, 0) is 28.7 Å². The third-order valence-corrected chi connectivity index (χ3v) is 5.21. The molecule has 4 nitrogen and oxygen atoms in total. The lowest BCUT2D eigenvalue weighted by Crippen LogP contribution is -2.11. The van der Waals surface area contributed by atoms with Crippen LogP contribution in [0, 0.1) is 0 Å². The van der Waals surface area contributed by atoms with Gasteiger partial charge in [-0.15, -0.1) is 9.68 Å². The molecule has 3 rings (SSSR count). The SMILES string of the molecule is CC1=NN(O)S(COCc2ccccc2)=C1c1ccccc1. The van der Waals surface area contributed by atoms with Gasteiger partial charge in [-0.1, -0.05) is 60.7 Å². The van der Waals surface area contributed by atoms with E-state index in [0.29, 0.717) is 12.5 Å². The van der Waals surface area contributed by atoms with E-state index in [1.807, 2.05) is 67.6 Å². The van der Waals surface area contributed by atoms with Gasteiger partial charge in [0.15, 0.2) is 0 Å². The second kappa shape index (κ2) is 6.87. The highest BCUT2D eigenvalue weighted by Crippen LogP contribution is 2.30. The first kappa shape index (κ1) is 15.0. The molecular weight excluding hydrogens is 296 g/mol. The smallest absolute Gasteiger partial charge is 0.110 e. The molecule has 0 radical (unpaired) electrons. The minimum absolute atomic E-state index is 0.413. The lowest BCUT2D eigenvalue weighted by Gasteiger charge is -2.14. The van der Waals surface area contributed by atoms with Gasteiger partial charge < -0.3 is 4.74 Å². The van der Waals surface area contributed by atoms with Crippen molar-refractivity contribution in [3.8, 4) is 0 Å². The van der Waals surface area contributed by atoms with Gasteiger partial charge >= 0.3 is 0 Å². The van der Waals surface area contributed by atoms with Crippen LogP contribution < -0.4 is 0 Å². The summed E-state index contributed by atoms with van der Waals surface area (Å²) >= 11 is 0. The maximum absolute atomic E-state index is 10.0. The predicted molar refractivity (Wildman–Crippen MR) is 91.0 cm³/mol. The molecule has 0 amide bonds. The van der Waals surface area contributed by atoms with Crippen LogP contribution in [0.15, 0.2) is 65.8 Å². The standard InChI is InChI=1S/C17H18N2O2S/c1-14-17(16-10-6-3-7-11-16)22(19(20)18-14)13-21-12-15-8-4-2-5-9-15/h2-11,20H,12-13H2,1H3. The van der Waals surface area contributed by atoms with Crippen LogP contribution in [0.25, 0.3) is 0 Å². The van der Waals surface area contributed by atoms with Crippen molar-refractivity contribution >= 4 is 21.2 Å². The van der Waals surface area contributed by atoms with Crippen molar-refractivity contribution in [2.45, 2.75) is 13.5 Å². The van der Waals surface area contributed by atoms with Crippen LogP contribution in [0.3, 0.4) is 0 Å². The summed E-state index contributed by atoms with van der Waals surface area (Å²) in [7, 11) is -0.585. The summed E-state index contributed by atoms with van der Waals surface area (Å²) in [5, 5.41) is 14.2. The molecule has 0 saturated carbocycles. The summed E-state index contributed by atoms with van der Waals surface area (Å²) in [6, 6.07) is 20.0. The molecular formula is C17H18N2O2S. The molecule has 0 aromatic heterocycles. The summed E-state index contributed by atoms with van der Waals surface area (Å²) < 4.78 is 6.82. The van der Waals surface area contributed by atoms with Gasteiger partial charge in [-0.3, -0.25) is 5.21 Å². The van der Waals surface area contributed by atoms with Crippen LogP contribution in [0.1, 0.15) is 18.1 Å². The van der Waals surface area contributed by atoms with Crippen LogP contribution in [0.5, 0.6) is 0 Å². The average Bonchev–Trinajstić information content (AvgIpc) is 2.83. The number of hydrazone groups is 1. The molecule has 1 aliphatic heterocycles. The monoisotopic (exact) mass is 314 g/mol. The summed E-state index contributed by atoms with van der Waals surface area (Å²) in [6.07, 6.45) is 0. The highest BCUT2D eigenvalue weighted by atomic mass is 32.2. The van der Waals surface area contributed by atoms with Crippen LogP contribution in [-0.2, 0) is 11.3 Å². The molecule has 0 fully saturated rings. The highest BCUT2D eigenvalue weighted by molar-refractivity contribution is 8.15. The van der Waals surface area contributed by atoms with E-state index in [-0.39, 0.29) is 0 Å². The van der Waals surface area contributed by atoms with E-state index in [2.05, 4.69) is 5.10 Å². The Hall–Kier alpha value is -1.95. The average molecular weight is 314 g/mol. The number of rotatable bonds is 5. The molecule has 2 aromatic rings. The lowest BCUT2D eigenvalue weighted by molar-refractivity contribution is 0.0166. The molecule has 0 aliphatic carbocycles. The topological polar surface area (TPSA) is 45.1 Å². The van der Waals surface area contributed by atoms with Gasteiger partial charge in [-0.25, -0.2) is 0 Å². The Bertz CT molecular complexity index is 699. The minimum Gasteiger partial charge on any atom is -0.365 e. The predicted octanol–water partition coefficient (Wildman–Crippen LogP) is 3.65. The van der Waals surface area contributed by atoms with Crippen molar-refractivity contribution in [1.29, 1.82) is 0 Å². The Kier molecular flexibility index (Phi) is 4.68. The maximum atomic E-state index is 10.0. The van der Waals surface area contributed by atoms with E-state index in [9.17, 15) is 5.21 Å². The minimum atomic E-state index is -0.585. The van der Waals surface area contributed by atoms with E-state index in [0.717, 1.165) is 26.3 Å². The molecule has 1 aliphatic rings. The molecule has 1 N–H and O–H groups in total. The number of hydrogen-bond acceptors (Lipinski definition) is 4. The Labute approximate surface area is 132 Å². The molecule has 0 spiro atoms. The molecule has 0 saturated heterocycles. The second-order valence-corrected chi connectivity index (χ2v) is 6.65. The maximum Gasteiger partial charge on any atom is 0.110 e. The van der Waals surface area contributed by atoms with Crippen LogP contribution in [0.4, 0.5) is 0 Å². The number of benzene rings is 2. The van der Waals surface area contributed by atoms with Gasteiger partial charge in [0.25, 0.3) is 0 Å². The molecule has 1 unspecified atom stereocenters. The van der Waals surface area contributed by atoms with Crippen molar-refractivity contribution < 1.29 is 9.94 Å². The zero-order valence-electron chi connectivity index (χ0n) is 12.3. The van der Waals surface area contributed by atoms with Gasteiger partial charge in [-0.2, -0.15) is 0 Å². The third kappa shape index (κ3) is 3.27. The van der Waals surface area contributed by atoms with Crippen molar-refractivity contribution in [3.05, 3.63) is 71.8 Å². The van der Waals surface area contributed by atoms with E-state index in [1.165, 1.54) is 0 Å². The van der Waals surface area contributed by atoms with Crippen molar-refractivity contribution in [3.63, 3.8) is 0 Å². The zero-order valence-corrected chi connectivity index (χ0v) is 13.2. The summed E-state index contributed by atoms with van der Waals surface area (Å²) in [5.74, 6) is 0.413. The largest absolute Gasteiger partial charge is 0.365 e. The molecule has 1 atom stereocenters. The number of ether oxygens (including phenoxy) is 1. The summed E-state index contributed by atoms with van der Waals surface area (Å²) in [5.41, 5.74) is 3.03. The zero-order chi connectivity index (χ0) is 15.4. The second-order valence-electron chi connectivity index (χ2n) is 4.95. The quantitative estimate of drug-likeness (QED) is 0.857. The first-order valence-electron chi connectivity index (χ1n) is 7.05.